The zero-order chi connectivity index (χ0) is 20.5. The number of ether oxygens (including phenoxy) is 2. The van der Waals surface area contributed by atoms with Crippen LogP contribution in [0.15, 0.2) is 23.2 Å². The average molecular weight is 391 g/mol. The smallest absolute Gasteiger partial charge is 0.324 e. The second kappa shape index (κ2) is 10.4. The van der Waals surface area contributed by atoms with Gasteiger partial charge in [0, 0.05) is 20.1 Å². The highest BCUT2D eigenvalue weighted by Gasteiger charge is 2.27. The monoisotopic (exact) mass is 391 g/mol. The molecule has 0 aromatic heterocycles. The molecule has 9 nitrogen and oxygen atoms in total. The third-order valence-corrected chi connectivity index (χ3v) is 4.21. The van der Waals surface area contributed by atoms with Crippen molar-refractivity contribution < 1.29 is 19.1 Å². The number of imide groups is 1. The number of urea groups is 1. The number of rotatable bonds is 9. The Labute approximate surface area is 165 Å². The SMILES string of the molecule is CCOc1ccc(C(C)NC(=NC)NCCN2C(=O)CNC2=O)cc1OCC. The van der Waals surface area contributed by atoms with Gasteiger partial charge < -0.3 is 25.4 Å². The van der Waals surface area contributed by atoms with Crippen LogP contribution in [0, 0.1) is 0 Å². The standard InChI is InChI=1S/C19H29N5O4/c1-5-27-15-8-7-14(11-16(15)28-6-2)13(3)23-18(20-4)21-9-10-24-17(25)12-22-19(24)26/h7-8,11,13H,5-6,9-10,12H2,1-4H3,(H,22,26)(H2,20,21,23). The van der Waals surface area contributed by atoms with Crippen LogP contribution in [-0.2, 0) is 4.79 Å². The van der Waals surface area contributed by atoms with Crippen molar-refractivity contribution in [2.75, 3.05) is 39.9 Å². The Kier molecular flexibility index (Phi) is 7.91. The first-order valence-electron chi connectivity index (χ1n) is 9.45. The van der Waals surface area contributed by atoms with Gasteiger partial charge in [0.25, 0.3) is 0 Å². The molecule has 28 heavy (non-hydrogen) atoms. The lowest BCUT2D eigenvalue weighted by Crippen LogP contribution is -2.43. The average Bonchev–Trinajstić information content (AvgIpc) is 3.00. The highest BCUT2D eigenvalue weighted by atomic mass is 16.5. The lowest BCUT2D eigenvalue weighted by atomic mass is 10.1. The van der Waals surface area contributed by atoms with Crippen molar-refractivity contribution in [1.29, 1.82) is 0 Å². The van der Waals surface area contributed by atoms with Crippen LogP contribution in [0.25, 0.3) is 0 Å². The zero-order valence-corrected chi connectivity index (χ0v) is 16.9. The van der Waals surface area contributed by atoms with E-state index in [9.17, 15) is 9.59 Å². The van der Waals surface area contributed by atoms with Gasteiger partial charge in [-0.3, -0.25) is 14.7 Å². The fraction of sp³-hybridized carbons (Fsp3) is 0.526. The molecule has 1 aliphatic heterocycles. The van der Waals surface area contributed by atoms with E-state index in [1.165, 1.54) is 4.90 Å². The molecule has 1 fully saturated rings. The molecule has 3 N–H and O–H groups in total. The second-order valence-corrected chi connectivity index (χ2v) is 6.14. The predicted octanol–water partition coefficient (Wildman–Crippen LogP) is 1.26. The fourth-order valence-corrected chi connectivity index (χ4v) is 2.79. The van der Waals surface area contributed by atoms with E-state index in [2.05, 4.69) is 20.9 Å². The van der Waals surface area contributed by atoms with Crippen LogP contribution in [-0.4, -0.2) is 62.7 Å². The van der Waals surface area contributed by atoms with Crippen LogP contribution in [0.3, 0.4) is 0 Å². The number of hydrogen-bond donors (Lipinski definition) is 3. The van der Waals surface area contributed by atoms with Gasteiger partial charge in [-0.25, -0.2) is 4.79 Å². The summed E-state index contributed by atoms with van der Waals surface area (Å²) in [7, 11) is 1.67. The number of nitrogens with zero attached hydrogens (tertiary/aromatic N) is 2. The van der Waals surface area contributed by atoms with Crippen LogP contribution < -0.4 is 25.4 Å². The predicted molar refractivity (Wildman–Crippen MR) is 107 cm³/mol. The first-order chi connectivity index (χ1) is 13.5. The van der Waals surface area contributed by atoms with Crippen LogP contribution >= 0.6 is 0 Å². The maximum absolute atomic E-state index is 11.6. The molecule has 9 heteroatoms. The first-order valence-corrected chi connectivity index (χ1v) is 9.45. The van der Waals surface area contributed by atoms with Gasteiger partial charge in [-0.1, -0.05) is 6.07 Å². The molecule has 0 bridgehead atoms. The van der Waals surface area contributed by atoms with E-state index in [1.54, 1.807) is 7.05 Å². The Morgan fingerprint density at radius 3 is 2.57 bits per heavy atom. The van der Waals surface area contributed by atoms with Crippen molar-refractivity contribution >= 4 is 17.9 Å². The van der Waals surface area contributed by atoms with E-state index in [0.29, 0.717) is 31.5 Å². The Hall–Kier alpha value is -2.97. The summed E-state index contributed by atoms with van der Waals surface area (Å²) in [6.07, 6.45) is 0. The molecular formula is C19H29N5O4. The zero-order valence-electron chi connectivity index (χ0n) is 16.9. The summed E-state index contributed by atoms with van der Waals surface area (Å²) in [5.41, 5.74) is 1.02. The summed E-state index contributed by atoms with van der Waals surface area (Å²) in [5, 5.41) is 8.90. The lowest BCUT2D eigenvalue weighted by Gasteiger charge is -2.20. The van der Waals surface area contributed by atoms with Gasteiger partial charge in [0.1, 0.15) is 0 Å². The molecule has 3 amide bonds. The molecule has 0 saturated carbocycles. The van der Waals surface area contributed by atoms with Crippen molar-refractivity contribution in [3.8, 4) is 11.5 Å². The minimum atomic E-state index is -0.360. The fourth-order valence-electron chi connectivity index (χ4n) is 2.79. The topological polar surface area (TPSA) is 104 Å². The number of carbonyl (C=O) groups is 2. The summed E-state index contributed by atoms with van der Waals surface area (Å²) in [4.78, 5) is 28.5. The van der Waals surface area contributed by atoms with E-state index >= 15 is 0 Å². The molecule has 1 saturated heterocycles. The summed E-state index contributed by atoms with van der Waals surface area (Å²) >= 11 is 0. The molecule has 1 aliphatic rings. The van der Waals surface area contributed by atoms with Crippen molar-refractivity contribution in [1.82, 2.24) is 20.9 Å². The molecule has 1 aromatic rings. The first kappa shape index (κ1) is 21.3. The van der Waals surface area contributed by atoms with Crippen molar-refractivity contribution in [3.63, 3.8) is 0 Å². The second-order valence-electron chi connectivity index (χ2n) is 6.14. The molecule has 1 atom stereocenters. The molecular weight excluding hydrogens is 362 g/mol. The molecule has 1 unspecified atom stereocenters. The number of carbonyl (C=O) groups excluding carboxylic acids is 2. The molecule has 1 aromatic carbocycles. The highest BCUT2D eigenvalue weighted by molar-refractivity contribution is 6.01. The largest absolute Gasteiger partial charge is 0.490 e. The van der Waals surface area contributed by atoms with Gasteiger partial charge in [0.15, 0.2) is 17.5 Å². The third kappa shape index (κ3) is 5.51. The third-order valence-electron chi connectivity index (χ3n) is 4.21. The van der Waals surface area contributed by atoms with Gasteiger partial charge in [-0.05, 0) is 38.5 Å². The normalized spacial score (nSPS) is 15.3. The van der Waals surface area contributed by atoms with E-state index < -0.39 is 0 Å². The van der Waals surface area contributed by atoms with E-state index in [-0.39, 0.29) is 31.1 Å². The minimum absolute atomic E-state index is 0.0437. The van der Waals surface area contributed by atoms with Crippen LogP contribution in [0.5, 0.6) is 11.5 Å². The van der Waals surface area contributed by atoms with Gasteiger partial charge in [-0.15, -0.1) is 0 Å². The maximum atomic E-state index is 11.6. The Balaban J connectivity index is 1.94. The van der Waals surface area contributed by atoms with E-state index in [1.807, 2.05) is 39.0 Å². The molecule has 0 spiro atoms. The maximum Gasteiger partial charge on any atom is 0.324 e. The van der Waals surface area contributed by atoms with Gasteiger partial charge in [-0.2, -0.15) is 0 Å². The van der Waals surface area contributed by atoms with E-state index in [4.69, 9.17) is 9.47 Å². The number of amides is 3. The summed E-state index contributed by atoms with van der Waals surface area (Å²) < 4.78 is 11.3. The molecule has 0 radical (unpaired) electrons. The lowest BCUT2D eigenvalue weighted by molar-refractivity contribution is -0.124. The molecule has 2 rings (SSSR count). The number of benzene rings is 1. The summed E-state index contributed by atoms with van der Waals surface area (Å²) in [6, 6.07) is 5.42. The Morgan fingerprint density at radius 2 is 1.96 bits per heavy atom. The quantitative estimate of drug-likeness (QED) is 0.333. The van der Waals surface area contributed by atoms with Crippen molar-refractivity contribution in [3.05, 3.63) is 23.8 Å². The number of nitrogens with one attached hydrogen (secondary N) is 3. The Morgan fingerprint density at radius 1 is 1.25 bits per heavy atom. The highest BCUT2D eigenvalue weighted by Crippen LogP contribution is 2.30. The molecule has 1 heterocycles. The van der Waals surface area contributed by atoms with E-state index in [0.717, 1.165) is 11.3 Å². The number of hydrogen-bond acceptors (Lipinski definition) is 5. The molecule has 0 aliphatic carbocycles. The minimum Gasteiger partial charge on any atom is -0.490 e. The van der Waals surface area contributed by atoms with Gasteiger partial charge in [0.05, 0.1) is 25.8 Å². The summed E-state index contributed by atoms with van der Waals surface area (Å²) in [6.45, 7) is 7.73. The van der Waals surface area contributed by atoms with Crippen molar-refractivity contribution in [2.24, 2.45) is 4.99 Å². The Bertz CT molecular complexity index is 706. The van der Waals surface area contributed by atoms with Crippen molar-refractivity contribution in [2.45, 2.75) is 26.8 Å². The van der Waals surface area contributed by atoms with Crippen LogP contribution in [0.1, 0.15) is 32.4 Å². The van der Waals surface area contributed by atoms with Crippen LogP contribution in [0.2, 0.25) is 0 Å². The van der Waals surface area contributed by atoms with Gasteiger partial charge in [0.2, 0.25) is 5.91 Å². The number of aliphatic imine (C=N–C) groups is 1. The molecule has 154 valence electrons. The number of guanidine groups is 1. The van der Waals surface area contributed by atoms with Crippen LogP contribution in [0.4, 0.5) is 4.79 Å². The van der Waals surface area contributed by atoms with Gasteiger partial charge >= 0.3 is 6.03 Å². The summed E-state index contributed by atoms with van der Waals surface area (Å²) in [5.74, 6) is 1.78.